The number of halogens is 1. The summed E-state index contributed by atoms with van der Waals surface area (Å²) in [5.41, 5.74) is 0.708. The summed E-state index contributed by atoms with van der Waals surface area (Å²) in [6, 6.07) is 4.43. The van der Waals surface area contributed by atoms with Gasteiger partial charge in [-0.1, -0.05) is 0 Å². The van der Waals surface area contributed by atoms with E-state index < -0.39 is 0 Å². The van der Waals surface area contributed by atoms with Crippen molar-refractivity contribution in [2.24, 2.45) is 0 Å². The van der Waals surface area contributed by atoms with Crippen LogP contribution in [0, 0.1) is 5.82 Å². The summed E-state index contributed by atoms with van der Waals surface area (Å²) in [7, 11) is 1.63. The number of aromatic nitrogens is 2. The Kier molecular flexibility index (Phi) is 5.00. The predicted octanol–water partition coefficient (Wildman–Crippen LogP) is 1.84. The van der Waals surface area contributed by atoms with Crippen LogP contribution >= 0.6 is 0 Å². The van der Waals surface area contributed by atoms with Gasteiger partial charge in [-0.25, -0.2) is 14.4 Å². The Balaban J connectivity index is 1.95. The number of nitrogens with zero attached hydrogens (tertiary/aromatic N) is 2. The lowest BCUT2D eigenvalue weighted by atomic mass is 10.2. The first-order valence-electron chi connectivity index (χ1n) is 6.02. The molecule has 0 spiro atoms. The van der Waals surface area contributed by atoms with E-state index in [0.717, 1.165) is 0 Å². The summed E-state index contributed by atoms with van der Waals surface area (Å²) < 4.78 is 23.4. The van der Waals surface area contributed by atoms with Gasteiger partial charge >= 0.3 is 0 Å². The van der Waals surface area contributed by atoms with E-state index in [0.29, 0.717) is 43.1 Å². The number of methoxy groups -OCH3 is 1. The first-order chi connectivity index (χ1) is 9.31. The van der Waals surface area contributed by atoms with Crippen LogP contribution in [-0.4, -0.2) is 43.4 Å². The van der Waals surface area contributed by atoms with E-state index in [2.05, 4.69) is 15.3 Å². The summed E-state index contributed by atoms with van der Waals surface area (Å²) >= 11 is 0. The summed E-state index contributed by atoms with van der Waals surface area (Å²) in [6.07, 6.45) is 1.45. The zero-order chi connectivity index (χ0) is 13.5. The second-order valence-electron chi connectivity index (χ2n) is 3.92. The predicted molar refractivity (Wildman–Crippen MR) is 70.7 cm³/mol. The van der Waals surface area contributed by atoms with Gasteiger partial charge in [0.2, 0.25) is 0 Å². The molecular weight excluding hydrogens is 249 g/mol. The quantitative estimate of drug-likeness (QED) is 0.774. The molecule has 0 amide bonds. The first-order valence-corrected chi connectivity index (χ1v) is 6.02. The van der Waals surface area contributed by atoms with Gasteiger partial charge < -0.3 is 14.8 Å². The minimum Gasteiger partial charge on any atom is -0.382 e. The third-order valence-electron chi connectivity index (χ3n) is 2.57. The lowest BCUT2D eigenvalue weighted by Crippen LogP contribution is -2.13. The van der Waals surface area contributed by atoms with Crippen molar-refractivity contribution < 1.29 is 13.9 Å². The Hall–Kier alpha value is -1.79. The van der Waals surface area contributed by atoms with Crippen molar-refractivity contribution in [2.75, 3.05) is 38.8 Å². The minimum absolute atomic E-state index is 0.304. The van der Waals surface area contributed by atoms with Gasteiger partial charge in [-0.2, -0.15) is 0 Å². The lowest BCUT2D eigenvalue weighted by molar-refractivity contribution is 0.0759. The molecule has 0 unspecified atom stereocenters. The van der Waals surface area contributed by atoms with E-state index in [1.165, 1.54) is 18.5 Å². The average molecular weight is 265 g/mol. The standard InChI is InChI=1S/C13H16FN3O2/c1-18-6-7-19-5-4-15-13-11-8-10(14)2-3-12(11)16-9-17-13/h2-3,8-9H,4-7H2,1H3,(H,15,16,17). The molecule has 2 rings (SSSR count). The Morgan fingerprint density at radius 3 is 2.95 bits per heavy atom. The molecule has 0 fully saturated rings. The van der Waals surface area contributed by atoms with Crippen LogP contribution in [0.3, 0.4) is 0 Å². The minimum atomic E-state index is -0.304. The van der Waals surface area contributed by atoms with Crippen molar-refractivity contribution in [1.29, 1.82) is 0 Å². The molecule has 1 aromatic heterocycles. The molecule has 1 heterocycles. The summed E-state index contributed by atoms with van der Waals surface area (Å²) in [5, 5.41) is 3.77. The topological polar surface area (TPSA) is 56.3 Å². The normalized spacial score (nSPS) is 10.8. The number of anilines is 1. The van der Waals surface area contributed by atoms with Crippen LogP contribution < -0.4 is 5.32 Å². The zero-order valence-corrected chi connectivity index (χ0v) is 10.7. The van der Waals surface area contributed by atoms with E-state index >= 15 is 0 Å². The molecule has 5 nitrogen and oxygen atoms in total. The number of nitrogens with one attached hydrogen (secondary N) is 1. The Bertz CT molecular complexity index is 536. The number of fused-ring (bicyclic) bond motifs is 1. The molecule has 0 aliphatic rings. The Morgan fingerprint density at radius 2 is 2.11 bits per heavy atom. The van der Waals surface area contributed by atoms with Crippen molar-refractivity contribution >= 4 is 16.7 Å². The van der Waals surface area contributed by atoms with Crippen molar-refractivity contribution in [2.45, 2.75) is 0 Å². The van der Waals surface area contributed by atoms with Crippen LogP contribution in [-0.2, 0) is 9.47 Å². The molecule has 0 aliphatic carbocycles. The maximum Gasteiger partial charge on any atom is 0.137 e. The summed E-state index contributed by atoms with van der Waals surface area (Å²) in [4.78, 5) is 8.20. The Labute approximate surface area is 110 Å². The molecule has 6 heteroatoms. The third kappa shape index (κ3) is 3.84. The number of ether oxygens (including phenoxy) is 2. The van der Waals surface area contributed by atoms with Gasteiger partial charge in [-0.05, 0) is 18.2 Å². The zero-order valence-electron chi connectivity index (χ0n) is 10.7. The van der Waals surface area contributed by atoms with Crippen LogP contribution in [0.4, 0.5) is 10.2 Å². The van der Waals surface area contributed by atoms with E-state index in [9.17, 15) is 4.39 Å². The summed E-state index contributed by atoms with van der Waals surface area (Å²) in [5.74, 6) is 0.307. The van der Waals surface area contributed by atoms with Gasteiger partial charge in [-0.15, -0.1) is 0 Å². The molecule has 102 valence electrons. The molecule has 19 heavy (non-hydrogen) atoms. The smallest absolute Gasteiger partial charge is 0.137 e. The molecule has 0 saturated heterocycles. The third-order valence-corrected chi connectivity index (χ3v) is 2.57. The molecule has 0 radical (unpaired) electrons. The average Bonchev–Trinajstić information content (AvgIpc) is 2.43. The van der Waals surface area contributed by atoms with E-state index in [4.69, 9.17) is 9.47 Å². The van der Waals surface area contributed by atoms with E-state index in [-0.39, 0.29) is 5.82 Å². The highest BCUT2D eigenvalue weighted by molar-refractivity contribution is 5.88. The fourth-order valence-corrected chi connectivity index (χ4v) is 1.66. The number of hydrogen-bond acceptors (Lipinski definition) is 5. The van der Waals surface area contributed by atoms with Crippen molar-refractivity contribution in [3.05, 3.63) is 30.3 Å². The second kappa shape index (κ2) is 6.96. The van der Waals surface area contributed by atoms with Gasteiger partial charge in [0.25, 0.3) is 0 Å². The largest absolute Gasteiger partial charge is 0.382 e. The number of benzene rings is 1. The fourth-order valence-electron chi connectivity index (χ4n) is 1.66. The monoisotopic (exact) mass is 265 g/mol. The van der Waals surface area contributed by atoms with Crippen LogP contribution in [0.25, 0.3) is 10.9 Å². The molecular formula is C13H16FN3O2. The highest BCUT2D eigenvalue weighted by Crippen LogP contribution is 2.19. The van der Waals surface area contributed by atoms with E-state index in [1.54, 1.807) is 13.2 Å². The molecule has 0 saturated carbocycles. The number of rotatable bonds is 7. The highest BCUT2D eigenvalue weighted by Gasteiger charge is 2.04. The van der Waals surface area contributed by atoms with Crippen LogP contribution in [0.5, 0.6) is 0 Å². The molecule has 0 aliphatic heterocycles. The van der Waals surface area contributed by atoms with Crippen molar-refractivity contribution in [3.8, 4) is 0 Å². The maximum atomic E-state index is 13.2. The SMILES string of the molecule is COCCOCCNc1ncnc2ccc(F)cc12. The highest BCUT2D eigenvalue weighted by atomic mass is 19.1. The van der Waals surface area contributed by atoms with Gasteiger partial charge in [0.1, 0.15) is 18.0 Å². The molecule has 2 aromatic rings. The Morgan fingerprint density at radius 1 is 1.21 bits per heavy atom. The summed E-state index contributed by atoms with van der Waals surface area (Å²) in [6.45, 7) is 2.25. The second-order valence-corrected chi connectivity index (χ2v) is 3.92. The van der Waals surface area contributed by atoms with Gasteiger partial charge in [0, 0.05) is 19.0 Å². The molecule has 1 aromatic carbocycles. The molecule has 1 N–H and O–H groups in total. The lowest BCUT2D eigenvalue weighted by Gasteiger charge is -2.08. The van der Waals surface area contributed by atoms with Crippen LogP contribution in [0.15, 0.2) is 24.5 Å². The van der Waals surface area contributed by atoms with Crippen LogP contribution in [0.1, 0.15) is 0 Å². The molecule has 0 bridgehead atoms. The number of hydrogen-bond donors (Lipinski definition) is 1. The van der Waals surface area contributed by atoms with Crippen LogP contribution in [0.2, 0.25) is 0 Å². The van der Waals surface area contributed by atoms with Crippen molar-refractivity contribution in [1.82, 2.24) is 9.97 Å². The fraction of sp³-hybridized carbons (Fsp3) is 0.385. The van der Waals surface area contributed by atoms with Crippen molar-refractivity contribution in [3.63, 3.8) is 0 Å². The first kappa shape index (κ1) is 13.6. The van der Waals surface area contributed by atoms with Gasteiger partial charge in [0.05, 0.1) is 25.3 Å². The van der Waals surface area contributed by atoms with Gasteiger partial charge in [0.15, 0.2) is 0 Å². The maximum absolute atomic E-state index is 13.2. The van der Waals surface area contributed by atoms with Gasteiger partial charge in [-0.3, -0.25) is 0 Å². The molecule has 0 atom stereocenters. The van der Waals surface area contributed by atoms with E-state index in [1.807, 2.05) is 0 Å².